The molecule has 1 atom stereocenters. The number of urea groups is 1. The summed E-state index contributed by atoms with van der Waals surface area (Å²) in [7, 11) is 0. The molecule has 0 heterocycles. The molecule has 1 aromatic rings. The number of carbonyl (C=O) groups is 3. The molecule has 21 heavy (non-hydrogen) atoms. The van der Waals surface area contributed by atoms with Crippen LogP contribution in [0.3, 0.4) is 0 Å². The van der Waals surface area contributed by atoms with E-state index in [1.54, 1.807) is 19.9 Å². The second-order valence-corrected chi connectivity index (χ2v) is 4.41. The molecule has 0 saturated heterocycles. The highest BCUT2D eigenvalue weighted by Gasteiger charge is 2.20. The number of amides is 3. The van der Waals surface area contributed by atoms with E-state index in [9.17, 15) is 14.4 Å². The van der Waals surface area contributed by atoms with Crippen molar-refractivity contribution in [2.75, 3.05) is 6.54 Å². The van der Waals surface area contributed by atoms with Gasteiger partial charge >= 0.3 is 12.0 Å². The average Bonchev–Trinajstić information content (AvgIpc) is 2.38. The Morgan fingerprint density at radius 3 is 2.57 bits per heavy atom. The molecule has 0 aliphatic carbocycles. The Kier molecular flexibility index (Phi) is 5.71. The van der Waals surface area contributed by atoms with Crippen LogP contribution in [0.2, 0.25) is 0 Å². The summed E-state index contributed by atoms with van der Waals surface area (Å²) in [5.41, 5.74) is 0.754. The maximum atomic E-state index is 11.8. The largest absolute Gasteiger partial charge is 0.480 e. The Hall–Kier alpha value is -2.57. The molecule has 3 N–H and O–H groups in total. The highest BCUT2D eigenvalue weighted by molar-refractivity contribution is 5.96. The molecule has 0 saturated carbocycles. The lowest BCUT2D eigenvalue weighted by atomic mass is 10.1. The maximum absolute atomic E-state index is 11.8. The number of carboxylic acid groups (broad SMARTS) is 1. The highest BCUT2D eigenvalue weighted by atomic mass is 16.5. The van der Waals surface area contributed by atoms with E-state index >= 15 is 0 Å². The molecule has 1 aromatic carbocycles. The molecule has 0 aliphatic heterocycles. The normalized spacial score (nSPS) is 11.4. The molecule has 0 aromatic heterocycles. The first-order valence-corrected chi connectivity index (χ1v) is 6.44. The summed E-state index contributed by atoms with van der Waals surface area (Å²) < 4.78 is 5.36. The van der Waals surface area contributed by atoms with Gasteiger partial charge in [-0.05, 0) is 38.5 Å². The molecule has 0 spiro atoms. The summed E-state index contributed by atoms with van der Waals surface area (Å²) >= 11 is 0. The van der Waals surface area contributed by atoms with Crippen molar-refractivity contribution in [2.45, 2.75) is 26.9 Å². The zero-order chi connectivity index (χ0) is 16.0. The minimum Gasteiger partial charge on any atom is -0.480 e. The van der Waals surface area contributed by atoms with E-state index in [4.69, 9.17) is 9.84 Å². The summed E-state index contributed by atoms with van der Waals surface area (Å²) in [5, 5.41) is 13.6. The summed E-state index contributed by atoms with van der Waals surface area (Å²) in [5.74, 6) is -1.72. The summed E-state index contributed by atoms with van der Waals surface area (Å²) in [6.07, 6.45) is -1.01. The number of rotatable bonds is 5. The first-order valence-electron chi connectivity index (χ1n) is 6.44. The number of carboxylic acids is 1. The molecule has 114 valence electrons. The van der Waals surface area contributed by atoms with E-state index in [-0.39, 0.29) is 11.3 Å². The number of hydrogen-bond donors (Lipinski definition) is 3. The number of imide groups is 1. The van der Waals surface area contributed by atoms with E-state index in [0.717, 1.165) is 5.56 Å². The van der Waals surface area contributed by atoms with Crippen LogP contribution in [-0.2, 0) is 4.79 Å². The zero-order valence-corrected chi connectivity index (χ0v) is 12.1. The van der Waals surface area contributed by atoms with Gasteiger partial charge in [-0.1, -0.05) is 6.07 Å². The second kappa shape index (κ2) is 7.28. The van der Waals surface area contributed by atoms with Gasteiger partial charge in [0, 0.05) is 6.54 Å². The fourth-order valence-electron chi connectivity index (χ4n) is 1.57. The molecular weight excluding hydrogens is 276 g/mol. The number of carbonyl (C=O) groups excluding carboxylic acids is 2. The van der Waals surface area contributed by atoms with Crippen LogP contribution in [0.15, 0.2) is 18.2 Å². The van der Waals surface area contributed by atoms with Crippen LogP contribution in [0.4, 0.5) is 4.79 Å². The first kappa shape index (κ1) is 16.5. The lowest BCUT2D eigenvalue weighted by Gasteiger charge is -2.16. The standard InChI is InChI=1S/C14H18N2O5/c1-4-15-14(20)16-12(17)9(3)21-11-7-8(2)5-6-10(11)13(18)19/h5-7,9H,4H2,1-3H3,(H,18,19)(H2,15,16,17,20). The van der Waals surface area contributed by atoms with E-state index < -0.39 is 24.0 Å². The van der Waals surface area contributed by atoms with E-state index in [0.29, 0.717) is 6.54 Å². The number of aromatic carboxylic acids is 1. The molecule has 7 nitrogen and oxygen atoms in total. The smallest absolute Gasteiger partial charge is 0.339 e. The van der Waals surface area contributed by atoms with Gasteiger partial charge in [0.05, 0.1) is 0 Å². The predicted molar refractivity (Wildman–Crippen MR) is 75.4 cm³/mol. The van der Waals surface area contributed by atoms with E-state index in [2.05, 4.69) is 10.6 Å². The minimum atomic E-state index is -1.15. The third-order valence-electron chi connectivity index (χ3n) is 2.61. The van der Waals surface area contributed by atoms with Crippen molar-refractivity contribution in [3.8, 4) is 5.75 Å². The molecule has 3 amide bonds. The van der Waals surface area contributed by atoms with Gasteiger partial charge in [-0.3, -0.25) is 10.1 Å². The van der Waals surface area contributed by atoms with Gasteiger partial charge in [-0.25, -0.2) is 9.59 Å². The van der Waals surface area contributed by atoms with Crippen molar-refractivity contribution in [1.82, 2.24) is 10.6 Å². The van der Waals surface area contributed by atoms with Crippen molar-refractivity contribution in [2.24, 2.45) is 0 Å². The van der Waals surface area contributed by atoms with Crippen molar-refractivity contribution >= 4 is 17.9 Å². The molecule has 0 fully saturated rings. The van der Waals surface area contributed by atoms with Gasteiger partial charge in [-0.2, -0.15) is 0 Å². The van der Waals surface area contributed by atoms with Crippen LogP contribution in [0.5, 0.6) is 5.75 Å². The monoisotopic (exact) mass is 294 g/mol. The Balaban J connectivity index is 2.80. The quantitative estimate of drug-likeness (QED) is 0.759. The molecular formula is C14H18N2O5. The van der Waals surface area contributed by atoms with Crippen molar-refractivity contribution < 1.29 is 24.2 Å². The van der Waals surface area contributed by atoms with Gasteiger partial charge in [0.2, 0.25) is 0 Å². The van der Waals surface area contributed by atoms with Crippen LogP contribution in [0.25, 0.3) is 0 Å². The molecule has 7 heteroatoms. The summed E-state index contributed by atoms with van der Waals surface area (Å²) in [6, 6.07) is 3.94. The predicted octanol–water partition coefficient (Wildman–Crippen LogP) is 1.31. The lowest BCUT2D eigenvalue weighted by molar-refractivity contribution is -0.126. The van der Waals surface area contributed by atoms with Crippen LogP contribution in [0.1, 0.15) is 29.8 Å². The van der Waals surface area contributed by atoms with Gasteiger partial charge in [-0.15, -0.1) is 0 Å². The van der Waals surface area contributed by atoms with Crippen LogP contribution < -0.4 is 15.4 Å². The Morgan fingerprint density at radius 1 is 1.33 bits per heavy atom. The first-order chi connectivity index (χ1) is 9.85. The van der Waals surface area contributed by atoms with Crippen LogP contribution in [-0.4, -0.2) is 35.7 Å². The third kappa shape index (κ3) is 4.79. The number of nitrogens with one attached hydrogen (secondary N) is 2. The van der Waals surface area contributed by atoms with Crippen molar-refractivity contribution in [1.29, 1.82) is 0 Å². The second-order valence-electron chi connectivity index (χ2n) is 4.41. The lowest BCUT2D eigenvalue weighted by Crippen LogP contribution is -2.45. The number of benzene rings is 1. The fraction of sp³-hybridized carbons (Fsp3) is 0.357. The van der Waals surface area contributed by atoms with Crippen LogP contribution in [0, 0.1) is 6.92 Å². The van der Waals surface area contributed by atoms with Gasteiger partial charge in [0.25, 0.3) is 5.91 Å². The maximum Gasteiger partial charge on any atom is 0.339 e. The third-order valence-corrected chi connectivity index (χ3v) is 2.61. The summed E-state index contributed by atoms with van der Waals surface area (Å²) in [6.45, 7) is 5.31. The molecule has 0 bridgehead atoms. The van der Waals surface area contributed by atoms with Gasteiger partial charge < -0.3 is 15.2 Å². The minimum absolute atomic E-state index is 0.0433. The Morgan fingerprint density at radius 2 is 2.00 bits per heavy atom. The average molecular weight is 294 g/mol. The number of aryl methyl sites for hydroxylation is 1. The van der Waals surface area contributed by atoms with Crippen molar-refractivity contribution in [3.05, 3.63) is 29.3 Å². The van der Waals surface area contributed by atoms with E-state index in [1.165, 1.54) is 19.1 Å². The Labute approximate surface area is 122 Å². The SMILES string of the molecule is CCNC(=O)NC(=O)C(C)Oc1cc(C)ccc1C(=O)O. The number of ether oxygens (including phenoxy) is 1. The number of hydrogen-bond acceptors (Lipinski definition) is 4. The molecule has 0 aliphatic rings. The van der Waals surface area contributed by atoms with Crippen LogP contribution >= 0.6 is 0 Å². The topological polar surface area (TPSA) is 105 Å². The summed E-state index contributed by atoms with van der Waals surface area (Å²) in [4.78, 5) is 34.1. The fourth-order valence-corrected chi connectivity index (χ4v) is 1.57. The zero-order valence-electron chi connectivity index (χ0n) is 12.1. The molecule has 1 rings (SSSR count). The molecule has 1 unspecified atom stereocenters. The van der Waals surface area contributed by atoms with Gasteiger partial charge in [0.1, 0.15) is 11.3 Å². The van der Waals surface area contributed by atoms with E-state index in [1.807, 2.05) is 0 Å². The highest BCUT2D eigenvalue weighted by Crippen LogP contribution is 2.21. The van der Waals surface area contributed by atoms with Gasteiger partial charge in [0.15, 0.2) is 6.10 Å². The molecule has 0 radical (unpaired) electrons. The Bertz CT molecular complexity index is 556. The van der Waals surface area contributed by atoms with Crippen molar-refractivity contribution in [3.63, 3.8) is 0 Å².